The highest BCUT2D eigenvalue weighted by Crippen LogP contribution is 2.22. The molecule has 0 bridgehead atoms. The van der Waals surface area contributed by atoms with E-state index in [1.807, 2.05) is 25.1 Å². The molecule has 0 aliphatic carbocycles. The van der Waals surface area contributed by atoms with Gasteiger partial charge in [0.2, 0.25) is 0 Å². The van der Waals surface area contributed by atoms with E-state index in [2.05, 4.69) is 15.6 Å². The molecule has 3 rings (SSSR count). The Balaban J connectivity index is 1.70. The molecular formula is C18H15N3O3. The molecule has 0 aliphatic rings. The number of para-hydroxylation sites is 1. The fraction of sp³-hybridized carbons (Fsp3) is 0.0556. The van der Waals surface area contributed by atoms with Crippen molar-refractivity contribution in [3.63, 3.8) is 0 Å². The minimum Gasteiger partial charge on any atom is -0.444 e. The van der Waals surface area contributed by atoms with Crippen LogP contribution in [0.4, 0.5) is 11.4 Å². The van der Waals surface area contributed by atoms with E-state index in [-0.39, 0.29) is 0 Å². The third-order valence-electron chi connectivity index (χ3n) is 3.44. The monoisotopic (exact) mass is 321 g/mol. The van der Waals surface area contributed by atoms with E-state index in [1.165, 1.54) is 6.39 Å². The Morgan fingerprint density at radius 3 is 2.54 bits per heavy atom. The lowest BCUT2D eigenvalue weighted by atomic mass is 10.1. The number of nitrogens with one attached hydrogen (secondary N) is 2. The third-order valence-corrected chi connectivity index (χ3v) is 3.44. The summed E-state index contributed by atoms with van der Waals surface area (Å²) in [6.45, 7) is 1.86. The van der Waals surface area contributed by atoms with E-state index in [1.54, 1.807) is 36.5 Å². The molecule has 0 aliphatic heterocycles. The van der Waals surface area contributed by atoms with Crippen molar-refractivity contribution in [2.45, 2.75) is 6.92 Å². The third kappa shape index (κ3) is 3.49. The quantitative estimate of drug-likeness (QED) is 0.725. The van der Waals surface area contributed by atoms with Crippen LogP contribution in [0.2, 0.25) is 0 Å². The molecule has 3 aromatic rings. The summed E-state index contributed by atoms with van der Waals surface area (Å²) in [5.41, 5.74) is 2.73. The molecule has 2 aromatic carbocycles. The Morgan fingerprint density at radius 2 is 1.79 bits per heavy atom. The van der Waals surface area contributed by atoms with Gasteiger partial charge in [-0.1, -0.05) is 30.3 Å². The minimum atomic E-state index is -0.743. The van der Waals surface area contributed by atoms with Gasteiger partial charge in [-0.3, -0.25) is 9.59 Å². The molecule has 1 heterocycles. The summed E-state index contributed by atoms with van der Waals surface area (Å²) in [5, 5.41) is 5.16. The molecule has 2 N–H and O–H groups in total. The summed E-state index contributed by atoms with van der Waals surface area (Å²) in [7, 11) is 0. The second-order valence-corrected chi connectivity index (χ2v) is 5.17. The molecule has 0 radical (unpaired) electrons. The minimum absolute atomic E-state index is 0.494. The van der Waals surface area contributed by atoms with Crippen molar-refractivity contribution in [3.8, 4) is 11.3 Å². The maximum Gasteiger partial charge on any atom is 0.314 e. The zero-order valence-corrected chi connectivity index (χ0v) is 12.9. The molecule has 1 aromatic heterocycles. The summed E-state index contributed by atoms with van der Waals surface area (Å²) >= 11 is 0. The normalized spacial score (nSPS) is 10.2. The van der Waals surface area contributed by atoms with Crippen LogP contribution in [0.3, 0.4) is 0 Å². The van der Waals surface area contributed by atoms with Crippen LogP contribution in [0, 0.1) is 6.92 Å². The number of carbonyl (C=O) groups excluding carboxylic acids is 2. The van der Waals surface area contributed by atoms with Crippen molar-refractivity contribution in [2.75, 3.05) is 10.6 Å². The maximum absolute atomic E-state index is 12.1. The number of amides is 2. The average molecular weight is 321 g/mol. The SMILES string of the molecule is Cc1ccccc1NC(=O)C(=O)Nc1cccc(-c2cnco2)c1. The van der Waals surface area contributed by atoms with Crippen LogP contribution in [0.25, 0.3) is 11.3 Å². The summed E-state index contributed by atoms with van der Waals surface area (Å²) in [4.78, 5) is 28.0. The van der Waals surface area contributed by atoms with Crippen molar-refractivity contribution < 1.29 is 14.0 Å². The lowest BCUT2D eigenvalue weighted by Gasteiger charge is -2.09. The van der Waals surface area contributed by atoms with Crippen LogP contribution in [0.1, 0.15) is 5.56 Å². The molecule has 0 saturated carbocycles. The lowest BCUT2D eigenvalue weighted by molar-refractivity contribution is -0.133. The van der Waals surface area contributed by atoms with Crippen LogP contribution < -0.4 is 10.6 Å². The standard InChI is InChI=1S/C18H15N3O3/c1-12-5-2-3-8-15(12)21-18(23)17(22)20-14-7-4-6-13(9-14)16-10-19-11-24-16/h2-11H,1H3,(H,20,22)(H,21,23). The summed E-state index contributed by atoms with van der Waals surface area (Å²) < 4.78 is 5.22. The molecular weight excluding hydrogens is 306 g/mol. The number of aromatic nitrogens is 1. The van der Waals surface area contributed by atoms with E-state index in [9.17, 15) is 9.59 Å². The van der Waals surface area contributed by atoms with E-state index < -0.39 is 11.8 Å². The summed E-state index contributed by atoms with van der Waals surface area (Å²) in [6, 6.07) is 14.2. The first-order chi connectivity index (χ1) is 11.6. The smallest absolute Gasteiger partial charge is 0.314 e. The van der Waals surface area contributed by atoms with Crippen molar-refractivity contribution in [3.05, 3.63) is 66.7 Å². The molecule has 24 heavy (non-hydrogen) atoms. The summed E-state index contributed by atoms with van der Waals surface area (Å²) in [5.74, 6) is -0.891. The van der Waals surface area contributed by atoms with Crippen molar-refractivity contribution >= 4 is 23.2 Å². The van der Waals surface area contributed by atoms with Gasteiger partial charge in [0.1, 0.15) is 0 Å². The molecule has 0 saturated heterocycles. The van der Waals surface area contributed by atoms with Crippen molar-refractivity contribution in [1.29, 1.82) is 0 Å². The highest BCUT2D eigenvalue weighted by Gasteiger charge is 2.15. The van der Waals surface area contributed by atoms with Gasteiger partial charge in [0.15, 0.2) is 12.2 Å². The number of hydrogen-bond donors (Lipinski definition) is 2. The molecule has 120 valence electrons. The fourth-order valence-electron chi connectivity index (χ4n) is 2.19. The van der Waals surface area contributed by atoms with Gasteiger partial charge in [-0.15, -0.1) is 0 Å². The van der Waals surface area contributed by atoms with Crippen molar-refractivity contribution in [1.82, 2.24) is 4.98 Å². The Bertz CT molecular complexity index is 873. The maximum atomic E-state index is 12.1. The number of nitrogens with zero attached hydrogens (tertiary/aromatic N) is 1. The van der Waals surface area contributed by atoms with E-state index in [0.29, 0.717) is 17.1 Å². The predicted octanol–water partition coefficient (Wildman–Crippen LogP) is 3.23. The number of rotatable bonds is 3. The van der Waals surface area contributed by atoms with E-state index in [4.69, 9.17) is 4.42 Å². The Kier molecular flexibility index (Phi) is 4.38. The number of benzene rings is 2. The first-order valence-corrected chi connectivity index (χ1v) is 7.30. The fourth-order valence-corrected chi connectivity index (χ4v) is 2.19. The van der Waals surface area contributed by atoms with Gasteiger partial charge in [0.25, 0.3) is 0 Å². The Hall–Kier alpha value is -3.41. The molecule has 6 nitrogen and oxygen atoms in total. The Labute approximate surface area is 138 Å². The van der Waals surface area contributed by atoms with Gasteiger partial charge < -0.3 is 15.1 Å². The molecule has 0 spiro atoms. The zero-order valence-electron chi connectivity index (χ0n) is 12.9. The highest BCUT2D eigenvalue weighted by molar-refractivity contribution is 6.43. The van der Waals surface area contributed by atoms with Crippen LogP contribution in [-0.4, -0.2) is 16.8 Å². The van der Waals surface area contributed by atoms with Gasteiger partial charge in [0.05, 0.1) is 6.20 Å². The first-order valence-electron chi connectivity index (χ1n) is 7.30. The molecule has 0 fully saturated rings. The van der Waals surface area contributed by atoms with Gasteiger partial charge in [-0.05, 0) is 30.7 Å². The number of aryl methyl sites for hydroxylation is 1. The zero-order chi connectivity index (χ0) is 16.9. The van der Waals surface area contributed by atoms with Gasteiger partial charge in [0, 0.05) is 16.9 Å². The molecule has 2 amide bonds. The molecule has 0 unspecified atom stereocenters. The second-order valence-electron chi connectivity index (χ2n) is 5.17. The van der Waals surface area contributed by atoms with Gasteiger partial charge >= 0.3 is 11.8 Å². The van der Waals surface area contributed by atoms with Gasteiger partial charge in [-0.2, -0.15) is 0 Å². The summed E-state index contributed by atoms with van der Waals surface area (Å²) in [6.07, 6.45) is 2.90. The highest BCUT2D eigenvalue weighted by atomic mass is 16.3. The number of oxazole rings is 1. The first kappa shape index (κ1) is 15.5. The van der Waals surface area contributed by atoms with Crippen LogP contribution in [-0.2, 0) is 9.59 Å². The van der Waals surface area contributed by atoms with E-state index in [0.717, 1.165) is 11.1 Å². The number of hydrogen-bond acceptors (Lipinski definition) is 4. The number of anilines is 2. The van der Waals surface area contributed by atoms with E-state index >= 15 is 0 Å². The largest absolute Gasteiger partial charge is 0.444 e. The topological polar surface area (TPSA) is 84.2 Å². The Morgan fingerprint density at radius 1 is 1.00 bits per heavy atom. The van der Waals surface area contributed by atoms with Crippen molar-refractivity contribution in [2.24, 2.45) is 0 Å². The van der Waals surface area contributed by atoms with Gasteiger partial charge in [-0.25, -0.2) is 4.98 Å². The molecule has 6 heteroatoms. The second kappa shape index (κ2) is 6.78. The predicted molar refractivity (Wildman–Crippen MR) is 90.4 cm³/mol. The van der Waals surface area contributed by atoms with Crippen LogP contribution in [0.15, 0.2) is 65.5 Å². The lowest BCUT2D eigenvalue weighted by Crippen LogP contribution is -2.29. The van der Waals surface area contributed by atoms with Crippen LogP contribution in [0.5, 0.6) is 0 Å². The average Bonchev–Trinajstić information content (AvgIpc) is 3.12. The number of carbonyl (C=O) groups is 2. The van der Waals surface area contributed by atoms with Crippen LogP contribution >= 0.6 is 0 Å². The molecule has 0 atom stereocenters.